The number of piperidine rings is 1. The minimum Gasteiger partial charge on any atom is -0.353 e. The van der Waals surface area contributed by atoms with Crippen LogP contribution in [0.1, 0.15) is 19.3 Å². The van der Waals surface area contributed by atoms with Gasteiger partial charge in [0.1, 0.15) is 5.82 Å². The van der Waals surface area contributed by atoms with Gasteiger partial charge in [-0.2, -0.15) is 0 Å². The van der Waals surface area contributed by atoms with Crippen molar-refractivity contribution < 1.29 is 9.59 Å². The molecular formula is C17H25Cl2N5O2. The minimum atomic E-state index is 0. The Kier molecular flexibility index (Phi) is 6.71. The van der Waals surface area contributed by atoms with Gasteiger partial charge in [0.25, 0.3) is 0 Å². The zero-order chi connectivity index (χ0) is 16.6. The lowest BCUT2D eigenvalue weighted by Gasteiger charge is -2.27. The molecule has 1 atom stereocenters. The number of pyridine rings is 1. The van der Waals surface area contributed by atoms with Gasteiger partial charge in [-0.3, -0.25) is 9.59 Å². The Balaban J connectivity index is 0.00000121. The van der Waals surface area contributed by atoms with E-state index in [-0.39, 0.29) is 48.0 Å². The van der Waals surface area contributed by atoms with Crippen LogP contribution in [0, 0.1) is 11.3 Å². The summed E-state index contributed by atoms with van der Waals surface area (Å²) >= 11 is 0. The molecule has 3 aliphatic rings. The maximum absolute atomic E-state index is 12.5. The molecule has 2 amide bonds. The highest BCUT2D eigenvalue weighted by Gasteiger charge is 2.57. The fraction of sp³-hybridized carbons (Fsp3) is 0.588. The Morgan fingerprint density at radius 1 is 1.23 bits per heavy atom. The molecule has 3 N–H and O–H groups in total. The van der Waals surface area contributed by atoms with Crippen LogP contribution in [0.15, 0.2) is 18.3 Å². The fourth-order valence-corrected chi connectivity index (χ4v) is 3.91. The first-order chi connectivity index (χ1) is 11.7. The van der Waals surface area contributed by atoms with Gasteiger partial charge < -0.3 is 20.9 Å². The minimum absolute atomic E-state index is 0. The molecule has 0 aromatic carbocycles. The molecule has 3 heterocycles. The zero-order valence-corrected chi connectivity index (χ0v) is 16.1. The first kappa shape index (κ1) is 20.7. The average Bonchev–Trinajstić information content (AvgIpc) is 3.29. The van der Waals surface area contributed by atoms with E-state index in [1.807, 2.05) is 17.0 Å². The van der Waals surface area contributed by atoms with Gasteiger partial charge in [-0.15, -0.1) is 24.8 Å². The topological polar surface area (TPSA) is 86.4 Å². The molecule has 1 aliphatic carbocycles. The van der Waals surface area contributed by atoms with E-state index in [2.05, 4.69) is 20.9 Å². The summed E-state index contributed by atoms with van der Waals surface area (Å²) in [4.78, 5) is 30.2. The monoisotopic (exact) mass is 401 g/mol. The number of hydrogen-bond donors (Lipinski definition) is 3. The Bertz CT molecular complexity index is 649. The van der Waals surface area contributed by atoms with E-state index in [4.69, 9.17) is 0 Å². The molecular weight excluding hydrogens is 377 g/mol. The number of piperazine rings is 1. The van der Waals surface area contributed by atoms with Crippen molar-refractivity contribution in [2.24, 2.45) is 11.3 Å². The van der Waals surface area contributed by atoms with Crippen LogP contribution in [-0.2, 0) is 9.59 Å². The third-order valence-electron chi connectivity index (χ3n) is 5.48. The molecule has 0 bridgehead atoms. The predicted octanol–water partition coefficient (Wildman–Crippen LogP) is 1.19. The smallest absolute Gasteiger partial charge is 0.239 e. The van der Waals surface area contributed by atoms with E-state index in [0.717, 1.165) is 50.4 Å². The second-order valence-corrected chi connectivity index (χ2v) is 7.03. The number of carbonyl (C=O) groups is 2. The van der Waals surface area contributed by atoms with Crippen molar-refractivity contribution in [2.75, 3.05) is 42.9 Å². The number of anilines is 2. The summed E-state index contributed by atoms with van der Waals surface area (Å²) in [5.41, 5.74) is 0.963. The summed E-state index contributed by atoms with van der Waals surface area (Å²) in [5.74, 6) is 1.04. The van der Waals surface area contributed by atoms with Crippen molar-refractivity contribution in [3.8, 4) is 0 Å². The van der Waals surface area contributed by atoms with Crippen LogP contribution in [0.5, 0.6) is 0 Å². The van der Waals surface area contributed by atoms with E-state index in [9.17, 15) is 9.59 Å². The standard InChI is InChI=1S/C17H23N5O2.2ClH/c23-15-11-22(8-7-19-15)14-2-1-12(10-20-14)21-16(24)13-9-17(13)3-5-18-6-4-17;;/h1-2,10,13,18H,3-9,11H2,(H,19,23)(H,21,24);2*1H. The van der Waals surface area contributed by atoms with Crippen LogP contribution < -0.4 is 20.9 Å². The third-order valence-corrected chi connectivity index (χ3v) is 5.48. The highest BCUT2D eigenvalue weighted by atomic mass is 35.5. The molecule has 1 spiro atoms. The van der Waals surface area contributed by atoms with Gasteiger partial charge in [0, 0.05) is 19.0 Å². The summed E-state index contributed by atoms with van der Waals surface area (Å²) in [6, 6.07) is 3.73. The van der Waals surface area contributed by atoms with Crippen LogP contribution in [0.3, 0.4) is 0 Å². The first-order valence-corrected chi connectivity index (χ1v) is 8.66. The van der Waals surface area contributed by atoms with Gasteiger partial charge in [-0.05, 0) is 49.9 Å². The van der Waals surface area contributed by atoms with Crippen molar-refractivity contribution >= 4 is 48.1 Å². The van der Waals surface area contributed by atoms with Gasteiger partial charge in [-0.1, -0.05) is 0 Å². The quantitative estimate of drug-likeness (QED) is 0.707. The number of aromatic nitrogens is 1. The van der Waals surface area contributed by atoms with Crippen LogP contribution >= 0.6 is 24.8 Å². The third kappa shape index (κ3) is 4.22. The summed E-state index contributed by atoms with van der Waals surface area (Å²) in [5, 5.41) is 9.15. The Labute approximate surface area is 165 Å². The average molecular weight is 402 g/mol. The van der Waals surface area contributed by atoms with Crippen LogP contribution in [0.25, 0.3) is 0 Å². The second-order valence-electron chi connectivity index (χ2n) is 7.03. The molecule has 2 aliphatic heterocycles. The molecule has 1 saturated carbocycles. The number of halogens is 2. The summed E-state index contributed by atoms with van der Waals surface area (Å²) in [6.45, 7) is 3.75. The second kappa shape index (κ2) is 8.41. The van der Waals surface area contributed by atoms with Crippen LogP contribution in [-0.4, -0.2) is 49.5 Å². The van der Waals surface area contributed by atoms with Gasteiger partial charge in [-0.25, -0.2) is 4.98 Å². The van der Waals surface area contributed by atoms with Crippen molar-refractivity contribution in [1.29, 1.82) is 0 Å². The molecule has 4 rings (SSSR count). The number of nitrogens with one attached hydrogen (secondary N) is 3. The van der Waals surface area contributed by atoms with Gasteiger partial charge in [0.05, 0.1) is 18.4 Å². The molecule has 3 fully saturated rings. The largest absolute Gasteiger partial charge is 0.353 e. The summed E-state index contributed by atoms with van der Waals surface area (Å²) in [6.07, 6.45) is 4.88. The maximum Gasteiger partial charge on any atom is 0.239 e. The van der Waals surface area contributed by atoms with Crippen molar-refractivity contribution in [3.63, 3.8) is 0 Å². The SMILES string of the molecule is Cl.Cl.O=C1CN(c2ccc(NC(=O)C3CC34CCNCC4)cn2)CCN1. The van der Waals surface area contributed by atoms with Crippen LogP contribution in [0.4, 0.5) is 11.5 Å². The predicted molar refractivity (Wildman–Crippen MR) is 105 cm³/mol. The fourth-order valence-electron chi connectivity index (χ4n) is 3.91. The molecule has 9 heteroatoms. The molecule has 7 nitrogen and oxygen atoms in total. The summed E-state index contributed by atoms with van der Waals surface area (Å²) in [7, 11) is 0. The molecule has 2 saturated heterocycles. The highest BCUT2D eigenvalue weighted by Crippen LogP contribution is 2.58. The van der Waals surface area contributed by atoms with E-state index in [1.165, 1.54) is 0 Å². The number of rotatable bonds is 3. The Hall–Kier alpha value is -1.57. The number of carbonyl (C=O) groups excluding carboxylic acids is 2. The first-order valence-electron chi connectivity index (χ1n) is 8.66. The van der Waals surface area contributed by atoms with E-state index in [1.54, 1.807) is 6.20 Å². The molecule has 1 aromatic heterocycles. The van der Waals surface area contributed by atoms with E-state index < -0.39 is 0 Å². The number of hydrogen-bond acceptors (Lipinski definition) is 5. The lowest BCUT2D eigenvalue weighted by Crippen LogP contribution is -2.48. The van der Waals surface area contributed by atoms with Gasteiger partial charge in [0.2, 0.25) is 11.8 Å². The Morgan fingerprint density at radius 3 is 2.65 bits per heavy atom. The van der Waals surface area contributed by atoms with E-state index in [0.29, 0.717) is 13.1 Å². The lowest BCUT2D eigenvalue weighted by molar-refractivity contribution is -0.120. The normalized spacial score (nSPS) is 23.3. The van der Waals surface area contributed by atoms with Gasteiger partial charge >= 0.3 is 0 Å². The van der Waals surface area contributed by atoms with Crippen molar-refractivity contribution in [1.82, 2.24) is 15.6 Å². The van der Waals surface area contributed by atoms with Crippen molar-refractivity contribution in [3.05, 3.63) is 18.3 Å². The molecule has 0 radical (unpaired) electrons. The molecule has 1 aromatic rings. The highest BCUT2D eigenvalue weighted by molar-refractivity contribution is 5.95. The zero-order valence-electron chi connectivity index (χ0n) is 14.5. The lowest BCUT2D eigenvalue weighted by atomic mass is 9.92. The van der Waals surface area contributed by atoms with Crippen LogP contribution in [0.2, 0.25) is 0 Å². The van der Waals surface area contributed by atoms with Gasteiger partial charge in [0.15, 0.2) is 0 Å². The molecule has 144 valence electrons. The van der Waals surface area contributed by atoms with E-state index >= 15 is 0 Å². The molecule has 1 unspecified atom stereocenters. The Morgan fingerprint density at radius 2 is 2.00 bits per heavy atom. The van der Waals surface area contributed by atoms with Crippen molar-refractivity contribution in [2.45, 2.75) is 19.3 Å². The maximum atomic E-state index is 12.5. The molecule has 26 heavy (non-hydrogen) atoms. The number of amides is 2. The summed E-state index contributed by atoms with van der Waals surface area (Å²) < 4.78 is 0. The number of nitrogens with zero attached hydrogens (tertiary/aromatic N) is 2.